The maximum atomic E-state index is 11.2. The third kappa shape index (κ3) is 4.00. The molecule has 22 heavy (non-hydrogen) atoms. The van der Waals surface area contributed by atoms with Crippen molar-refractivity contribution in [1.82, 2.24) is 0 Å². The van der Waals surface area contributed by atoms with Gasteiger partial charge in [0.1, 0.15) is 17.1 Å². The molecule has 0 aromatic heterocycles. The van der Waals surface area contributed by atoms with Crippen molar-refractivity contribution in [3.63, 3.8) is 0 Å². The molecule has 0 saturated heterocycles. The number of fused-ring (bicyclic) bond motifs is 1. The van der Waals surface area contributed by atoms with Crippen LogP contribution in [0.25, 0.3) is 6.08 Å². The summed E-state index contributed by atoms with van der Waals surface area (Å²) in [6.07, 6.45) is 8.15. The van der Waals surface area contributed by atoms with E-state index in [-0.39, 0.29) is 11.6 Å². The van der Waals surface area contributed by atoms with Crippen LogP contribution in [0, 0.1) is 6.92 Å². The Morgan fingerprint density at radius 2 is 2.05 bits per heavy atom. The van der Waals surface area contributed by atoms with Gasteiger partial charge in [0.05, 0.1) is 5.56 Å². The summed E-state index contributed by atoms with van der Waals surface area (Å²) >= 11 is 0. The molecule has 1 aliphatic heterocycles. The first-order chi connectivity index (χ1) is 10.3. The molecule has 3 nitrogen and oxygen atoms in total. The van der Waals surface area contributed by atoms with Crippen LogP contribution >= 0.6 is 0 Å². The van der Waals surface area contributed by atoms with Gasteiger partial charge < -0.3 is 9.47 Å². The largest absolute Gasteiger partial charge is 0.483 e. The Labute approximate surface area is 132 Å². The van der Waals surface area contributed by atoms with Crippen LogP contribution in [0.15, 0.2) is 29.9 Å². The highest BCUT2D eigenvalue weighted by molar-refractivity contribution is 5.75. The smallest absolute Gasteiger partial charge is 0.308 e. The van der Waals surface area contributed by atoms with Crippen LogP contribution in [-0.2, 0) is 4.79 Å². The van der Waals surface area contributed by atoms with Gasteiger partial charge in [-0.15, -0.1) is 0 Å². The Balaban J connectivity index is 2.26. The van der Waals surface area contributed by atoms with Crippen LogP contribution in [0.3, 0.4) is 0 Å². The summed E-state index contributed by atoms with van der Waals surface area (Å²) in [4.78, 5) is 11.2. The standard InChI is InChI=1S/C19H24O3/c1-13(2)7-6-9-19(5)10-8-16-17(21-15(4)20)11-14(3)12-18(16)22-19/h7-8,10-12H,6,9H2,1-5H3. The Hall–Kier alpha value is -2.03. The number of hydrogen-bond donors (Lipinski definition) is 0. The molecule has 1 atom stereocenters. The molecule has 1 heterocycles. The lowest BCUT2D eigenvalue weighted by Crippen LogP contribution is -2.31. The molecule has 3 heteroatoms. The van der Waals surface area contributed by atoms with E-state index >= 15 is 0 Å². The molecule has 2 rings (SSSR count). The van der Waals surface area contributed by atoms with Gasteiger partial charge in [0.25, 0.3) is 0 Å². The summed E-state index contributed by atoms with van der Waals surface area (Å²) < 4.78 is 11.5. The summed E-state index contributed by atoms with van der Waals surface area (Å²) in [5, 5.41) is 0. The Kier molecular flexibility index (Phi) is 4.74. The summed E-state index contributed by atoms with van der Waals surface area (Å²) in [6.45, 7) is 9.66. The van der Waals surface area contributed by atoms with Crippen molar-refractivity contribution in [1.29, 1.82) is 0 Å². The van der Waals surface area contributed by atoms with Gasteiger partial charge in [0, 0.05) is 6.92 Å². The third-order valence-corrected chi connectivity index (χ3v) is 3.64. The highest BCUT2D eigenvalue weighted by atomic mass is 16.5. The quantitative estimate of drug-likeness (QED) is 0.454. The van der Waals surface area contributed by atoms with E-state index in [2.05, 4.69) is 32.9 Å². The molecule has 118 valence electrons. The summed E-state index contributed by atoms with van der Waals surface area (Å²) in [5.74, 6) is 1.02. The Morgan fingerprint density at radius 1 is 1.32 bits per heavy atom. The van der Waals surface area contributed by atoms with Crippen molar-refractivity contribution in [3.8, 4) is 11.5 Å². The molecular weight excluding hydrogens is 276 g/mol. The van der Waals surface area contributed by atoms with E-state index in [1.54, 1.807) is 0 Å². The SMILES string of the molecule is CC(=O)Oc1cc(C)cc2c1C=CC(C)(CCC=C(C)C)O2. The highest BCUT2D eigenvalue weighted by Crippen LogP contribution is 2.39. The first-order valence-electron chi connectivity index (χ1n) is 7.64. The molecule has 0 spiro atoms. The topological polar surface area (TPSA) is 35.5 Å². The number of aryl methyl sites for hydroxylation is 1. The van der Waals surface area contributed by atoms with Crippen LogP contribution in [0.2, 0.25) is 0 Å². The van der Waals surface area contributed by atoms with Crippen LogP contribution < -0.4 is 9.47 Å². The monoisotopic (exact) mass is 300 g/mol. The van der Waals surface area contributed by atoms with Crippen LogP contribution in [0.4, 0.5) is 0 Å². The van der Waals surface area contributed by atoms with Gasteiger partial charge in [-0.1, -0.05) is 11.6 Å². The molecule has 0 N–H and O–H groups in total. The van der Waals surface area contributed by atoms with Crippen molar-refractivity contribution in [2.24, 2.45) is 0 Å². The predicted octanol–water partition coefficient (Wildman–Crippen LogP) is 4.83. The maximum absolute atomic E-state index is 11.2. The average Bonchev–Trinajstić information content (AvgIpc) is 2.36. The fraction of sp³-hybridized carbons (Fsp3) is 0.421. The van der Waals surface area contributed by atoms with Gasteiger partial charge in [-0.3, -0.25) is 4.79 Å². The molecule has 1 unspecified atom stereocenters. The van der Waals surface area contributed by atoms with E-state index in [0.717, 1.165) is 29.7 Å². The molecule has 0 saturated carbocycles. The molecule has 0 aliphatic carbocycles. The summed E-state index contributed by atoms with van der Waals surface area (Å²) in [5.41, 5.74) is 2.83. The molecule has 1 aliphatic rings. The second-order valence-corrected chi connectivity index (χ2v) is 6.34. The minimum absolute atomic E-state index is 0.321. The molecule has 1 aromatic rings. The Bertz CT molecular complexity index is 636. The number of ether oxygens (including phenoxy) is 2. The number of esters is 1. The van der Waals surface area contributed by atoms with Crippen molar-refractivity contribution in [2.45, 2.75) is 53.1 Å². The highest BCUT2D eigenvalue weighted by Gasteiger charge is 2.28. The number of carbonyl (C=O) groups excluding carboxylic acids is 1. The van der Waals surface area contributed by atoms with Gasteiger partial charge in [-0.25, -0.2) is 0 Å². The zero-order valence-corrected chi connectivity index (χ0v) is 14.0. The lowest BCUT2D eigenvalue weighted by atomic mass is 9.94. The van der Waals surface area contributed by atoms with E-state index < -0.39 is 0 Å². The molecule has 1 aromatic carbocycles. The van der Waals surface area contributed by atoms with Gasteiger partial charge in [0.15, 0.2) is 0 Å². The van der Waals surface area contributed by atoms with Crippen molar-refractivity contribution in [3.05, 3.63) is 41.0 Å². The van der Waals surface area contributed by atoms with Gasteiger partial charge in [0.2, 0.25) is 0 Å². The van der Waals surface area contributed by atoms with E-state index in [0.29, 0.717) is 5.75 Å². The predicted molar refractivity (Wildman–Crippen MR) is 89.2 cm³/mol. The zero-order valence-electron chi connectivity index (χ0n) is 14.0. The minimum atomic E-state index is -0.333. The number of carbonyl (C=O) groups is 1. The molecular formula is C19H24O3. The normalized spacial score (nSPS) is 19.1. The van der Waals surface area contributed by atoms with Crippen molar-refractivity contribution in [2.75, 3.05) is 0 Å². The first kappa shape index (κ1) is 16.3. The Morgan fingerprint density at radius 3 is 2.68 bits per heavy atom. The first-order valence-corrected chi connectivity index (χ1v) is 7.64. The lowest BCUT2D eigenvalue weighted by molar-refractivity contribution is -0.131. The van der Waals surface area contributed by atoms with Crippen LogP contribution in [0.5, 0.6) is 11.5 Å². The lowest BCUT2D eigenvalue weighted by Gasteiger charge is -2.32. The van der Waals surface area contributed by atoms with E-state index in [9.17, 15) is 4.79 Å². The van der Waals surface area contributed by atoms with Crippen molar-refractivity contribution >= 4 is 12.0 Å². The second-order valence-electron chi connectivity index (χ2n) is 6.34. The summed E-state index contributed by atoms with van der Waals surface area (Å²) in [6, 6.07) is 3.85. The summed E-state index contributed by atoms with van der Waals surface area (Å²) in [7, 11) is 0. The van der Waals surface area contributed by atoms with E-state index in [1.165, 1.54) is 12.5 Å². The fourth-order valence-corrected chi connectivity index (χ4v) is 2.55. The number of benzene rings is 1. The molecule has 0 fully saturated rings. The van der Waals surface area contributed by atoms with Crippen LogP contribution in [0.1, 0.15) is 51.7 Å². The number of hydrogen-bond acceptors (Lipinski definition) is 3. The minimum Gasteiger partial charge on any atom is -0.483 e. The second kappa shape index (κ2) is 6.39. The van der Waals surface area contributed by atoms with Crippen molar-refractivity contribution < 1.29 is 14.3 Å². The maximum Gasteiger partial charge on any atom is 0.308 e. The zero-order chi connectivity index (χ0) is 16.3. The number of rotatable bonds is 4. The molecule has 0 radical (unpaired) electrons. The van der Waals surface area contributed by atoms with Gasteiger partial charge in [-0.05, 0) is 70.4 Å². The average molecular weight is 300 g/mol. The van der Waals surface area contributed by atoms with E-state index in [4.69, 9.17) is 9.47 Å². The third-order valence-electron chi connectivity index (χ3n) is 3.64. The van der Waals surface area contributed by atoms with Crippen LogP contribution in [-0.4, -0.2) is 11.6 Å². The number of allylic oxidation sites excluding steroid dienone is 2. The molecule has 0 bridgehead atoms. The fourth-order valence-electron chi connectivity index (χ4n) is 2.55. The van der Waals surface area contributed by atoms with Gasteiger partial charge >= 0.3 is 5.97 Å². The molecule has 0 amide bonds. The van der Waals surface area contributed by atoms with E-state index in [1.807, 2.05) is 25.1 Å². The van der Waals surface area contributed by atoms with Gasteiger partial charge in [-0.2, -0.15) is 0 Å².